The molecule has 0 amide bonds. The minimum atomic E-state index is -0.308. The minimum absolute atomic E-state index is 0.280. The molecule has 1 aliphatic heterocycles. The SMILES string of the molecule is O=[N+]([O-])c1ccn2c1CCC2. The van der Waals surface area contributed by atoms with Crippen LogP contribution in [0.5, 0.6) is 0 Å². The Morgan fingerprint density at radius 3 is 3.18 bits per heavy atom. The van der Waals surface area contributed by atoms with E-state index >= 15 is 0 Å². The first-order valence-electron chi connectivity index (χ1n) is 3.61. The molecule has 0 saturated heterocycles. The first kappa shape index (κ1) is 6.39. The van der Waals surface area contributed by atoms with Gasteiger partial charge in [-0.2, -0.15) is 0 Å². The Hall–Kier alpha value is -1.32. The average molecular weight is 152 g/mol. The molecule has 0 aromatic carbocycles. The number of fused-ring (bicyclic) bond motifs is 1. The van der Waals surface area contributed by atoms with Gasteiger partial charge >= 0.3 is 0 Å². The van der Waals surface area contributed by atoms with Gasteiger partial charge in [0.05, 0.1) is 10.6 Å². The van der Waals surface area contributed by atoms with Crippen LogP contribution in [0.2, 0.25) is 0 Å². The summed E-state index contributed by atoms with van der Waals surface area (Å²) in [7, 11) is 0. The molecule has 1 aliphatic rings. The van der Waals surface area contributed by atoms with Gasteiger partial charge in [0.25, 0.3) is 5.69 Å². The lowest BCUT2D eigenvalue weighted by molar-refractivity contribution is -0.385. The Morgan fingerprint density at radius 1 is 1.64 bits per heavy atom. The van der Waals surface area contributed by atoms with Crippen LogP contribution >= 0.6 is 0 Å². The zero-order valence-corrected chi connectivity index (χ0v) is 5.99. The van der Waals surface area contributed by atoms with Crippen LogP contribution in [0.1, 0.15) is 12.1 Å². The summed E-state index contributed by atoms with van der Waals surface area (Å²) in [4.78, 5) is 10.1. The van der Waals surface area contributed by atoms with Gasteiger partial charge in [0, 0.05) is 18.8 Å². The van der Waals surface area contributed by atoms with Crippen molar-refractivity contribution in [2.75, 3.05) is 0 Å². The third-order valence-electron chi connectivity index (χ3n) is 2.06. The molecule has 4 heteroatoms. The molecule has 1 aromatic heterocycles. The van der Waals surface area contributed by atoms with Crippen LogP contribution < -0.4 is 0 Å². The van der Waals surface area contributed by atoms with Crippen molar-refractivity contribution in [3.8, 4) is 0 Å². The fraction of sp³-hybridized carbons (Fsp3) is 0.429. The molecule has 0 aliphatic carbocycles. The van der Waals surface area contributed by atoms with Crippen molar-refractivity contribution in [1.29, 1.82) is 0 Å². The second kappa shape index (κ2) is 2.08. The van der Waals surface area contributed by atoms with Gasteiger partial charge in [0.15, 0.2) is 0 Å². The highest BCUT2D eigenvalue weighted by Gasteiger charge is 2.21. The Balaban J connectivity index is 2.50. The number of nitro groups is 1. The fourth-order valence-electron chi connectivity index (χ4n) is 1.56. The zero-order chi connectivity index (χ0) is 7.84. The standard InChI is InChI=1S/C7H8N2O2/c10-9(11)7-3-5-8-4-1-2-6(7)8/h3,5H,1-2,4H2. The van der Waals surface area contributed by atoms with Crippen molar-refractivity contribution in [3.05, 3.63) is 28.1 Å². The van der Waals surface area contributed by atoms with E-state index in [1.165, 1.54) is 0 Å². The van der Waals surface area contributed by atoms with Crippen molar-refractivity contribution < 1.29 is 4.92 Å². The summed E-state index contributed by atoms with van der Waals surface area (Å²) in [5, 5.41) is 10.4. The normalized spacial score (nSPS) is 14.9. The summed E-state index contributed by atoms with van der Waals surface area (Å²) in [6.07, 6.45) is 3.68. The van der Waals surface area contributed by atoms with Crippen LogP contribution in [0.15, 0.2) is 12.3 Å². The molecule has 0 fully saturated rings. The molecule has 2 rings (SSSR count). The van der Waals surface area contributed by atoms with Gasteiger partial charge in [-0.05, 0) is 12.8 Å². The maximum absolute atomic E-state index is 10.4. The van der Waals surface area contributed by atoms with Crippen molar-refractivity contribution in [3.63, 3.8) is 0 Å². The second-order valence-corrected chi connectivity index (χ2v) is 2.70. The van der Waals surface area contributed by atoms with Crippen LogP contribution in [0.3, 0.4) is 0 Å². The molecule has 4 nitrogen and oxygen atoms in total. The average Bonchev–Trinajstić information content (AvgIpc) is 2.41. The lowest BCUT2D eigenvalue weighted by Crippen LogP contribution is -1.92. The summed E-state index contributed by atoms with van der Waals surface area (Å²) in [6, 6.07) is 1.58. The van der Waals surface area contributed by atoms with Crippen molar-refractivity contribution in [1.82, 2.24) is 4.57 Å². The molecule has 0 atom stereocenters. The predicted octanol–water partition coefficient (Wildman–Crippen LogP) is 1.34. The van der Waals surface area contributed by atoms with Crippen LogP contribution in [0.4, 0.5) is 5.69 Å². The quantitative estimate of drug-likeness (QED) is 0.450. The maximum atomic E-state index is 10.4. The van der Waals surface area contributed by atoms with E-state index in [4.69, 9.17) is 0 Å². The Morgan fingerprint density at radius 2 is 2.45 bits per heavy atom. The summed E-state index contributed by atoms with van der Waals surface area (Å²) >= 11 is 0. The summed E-state index contributed by atoms with van der Waals surface area (Å²) in [6.45, 7) is 0.934. The topological polar surface area (TPSA) is 48.1 Å². The summed E-state index contributed by atoms with van der Waals surface area (Å²) < 4.78 is 1.96. The van der Waals surface area contributed by atoms with E-state index in [-0.39, 0.29) is 10.6 Å². The molecule has 0 bridgehead atoms. The van der Waals surface area contributed by atoms with E-state index in [9.17, 15) is 10.1 Å². The monoisotopic (exact) mass is 152 g/mol. The highest BCUT2D eigenvalue weighted by molar-refractivity contribution is 5.38. The molecule has 0 N–H and O–H groups in total. The number of hydrogen-bond donors (Lipinski definition) is 0. The number of nitrogens with zero attached hydrogens (tertiary/aromatic N) is 2. The third kappa shape index (κ3) is 0.824. The van der Waals surface area contributed by atoms with E-state index in [1.807, 2.05) is 4.57 Å². The third-order valence-corrected chi connectivity index (χ3v) is 2.06. The lowest BCUT2D eigenvalue weighted by atomic mass is 10.3. The van der Waals surface area contributed by atoms with Gasteiger partial charge in [0.1, 0.15) is 0 Å². The molecule has 0 radical (unpaired) electrons. The molecule has 11 heavy (non-hydrogen) atoms. The maximum Gasteiger partial charge on any atom is 0.290 e. The van der Waals surface area contributed by atoms with E-state index in [1.54, 1.807) is 12.3 Å². The van der Waals surface area contributed by atoms with Crippen LogP contribution in [-0.4, -0.2) is 9.49 Å². The molecular formula is C7H8N2O2. The Kier molecular flexibility index (Phi) is 1.21. The zero-order valence-electron chi connectivity index (χ0n) is 5.99. The van der Waals surface area contributed by atoms with Crippen LogP contribution in [0, 0.1) is 10.1 Å². The van der Waals surface area contributed by atoms with E-state index in [0.29, 0.717) is 0 Å². The van der Waals surface area contributed by atoms with Gasteiger partial charge in [-0.25, -0.2) is 0 Å². The molecule has 0 unspecified atom stereocenters. The van der Waals surface area contributed by atoms with E-state index in [2.05, 4.69) is 0 Å². The number of hydrogen-bond acceptors (Lipinski definition) is 2. The van der Waals surface area contributed by atoms with Gasteiger partial charge in [-0.3, -0.25) is 10.1 Å². The Bertz CT molecular complexity index is 303. The first-order chi connectivity index (χ1) is 5.29. The van der Waals surface area contributed by atoms with Crippen molar-refractivity contribution >= 4 is 5.69 Å². The molecule has 58 valence electrons. The van der Waals surface area contributed by atoms with Crippen LogP contribution in [0.25, 0.3) is 0 Å². The smallest absolute Gasteiger partial charge is 0.290 e. The predicted molar refractivity (Wildman–Crippen MR) is 39.4 cm³/mol. The lowest BCUT2D eigenvalue weighted by Gasteiger charge is -1.91. The summed E-state index contributed by atoms with van der Waals surface area (Å²) in [5.41, 5.74) is 1.16. The molecule has 1 aromatic rings. The number of aryl methyl sites for hydroxylation is 1. The van der Waals surface area contributed by atoms with E-state index < -0.39 is 0 Å². The molecular weight excluding hydrogens is 144 g/mol. The molecule has 0 spiro atoms. The van der Waals surface area contributed by atoms with Gasteiger partial charge in [-0.1, -0.05) is 0 Å². The summed E-state index contributed by atoms with van der Waals surface area (Å²) in [5.74, 6) is 0. The molecule has 0 saturated carbocycles. The second-order valence-electron chi connectivity index (χ2n) is 2.70. The van der Waals surface area contributed by atoms with Crippen LogP contribution in [-0.2, 0) is 13.0 Å². The van der Waals surface area contributed by atoms with E-state index in [0.717, 1.165) is 25.1 Å². The number of rotatable bonds is 1. The number of aromatic nitrogens is 1. The molecule has 2 heterocycles. The van der Waals surface area contributed by atoms with Gasteiger partial charge in [0.2, 0.25) is 0 Å². The Labute approximate surface area is 63.6 Å². The van der Waals surface area contributed by atoms with Crippen molar-refractivity contribution in [2.24, 2.45) is 0 Å². The largest absolute Gasteiger partial charge is 0.346 e. The van der Waals surface area contributed by atoms with Gasteiger partial charge in [-0.15, -0.1) is 0 Å². The first-order valence-corrected chi connectivity index (χ1v) is 3.61. The minimum Gasteiger partial charge on any atom is -0.346 e. The highest BCUT2D eigenvalue weighted by atomic mass is 16.6. The highest BCUT2D eigenvalue weighted by Crippen LogP contribution is 2.25. The van der Waals surface area contributed by atoms with Crippen molar-refractivity contribution in [2.45, 2.75) is 19.4 Å². The fourth-order valence-corrected chi connectivity index (χ4v) is 1.56. The van der Waals surface area contributed by atoms with Gasteiger partial charge < -0.3 is 4.57 Å².